The van der Waals surface area contributed by atoms with E-state index in [9.17, 15) is 4.79 Å². The first-order chi connectivity index (χ1) is 11.3. The molecule has 0 bridgehead atoms. The van der Waals surface area contributed by atoms with Crippen LogP contribution in [0.1, 0.15) is 40.2 Å². The van der Waals surface area contributed by atoms with Crippen LogP contribution in [0.25, 0.3) is 10.9 Å². The minimum absolute atomic E-state index is 0.222. The summed E-state index contributed by atoms with van der Waals surface area (Å²) >= 11 is 0. The summed E-state index contributed by atoms with van der Waals surface area (Å²) in [5, 5.41) is 5.07. The van der Waals surface area contributed by atoms with E-state index in [0.29, 0.717) is 11.3 Å². The van der Waals surface area contributed by atoms with Crippen LogP contribution in [0.2, 0.25) is 0 Å². The first-order valence-electron chi connectivity index (χ1n) is 7.81. The van der Waals surface area contributed by atoms with Gasteiger partial charge in [-0.3, -0.25) is 4.79 Å². The number of hydrogen-bond donors (Lipinski definition) is 2. The van der Waals surface area contributed by atoms with Crippen LogP contribution >= 0.6 is 0 Å². The highest BCUT2D eigenvalue weighted by molar-refractivity contribution is 5.99. The second kappa shape index (κ2) is 5.76. The van der Waals surface area contributed by atoms with Crippen molar-refractivity contribution in [3.05, 3.63) is 59.2 Å². The number of H-pyrrole nitrogens is 1. The number of hydrogen-bond acceptors (Lipinski definition) is 3. The number of aryl methyl sites for hydroxylation is 2. The molecule has 0 unspecified atom stereocenters. The van der Waals surface area contributed by atoms with Crippen LogP contribution < -0.4 is 5.43 Å². The fraction of sp³-hybridized carbons (Fsp3) is 0.222. The number of nitrogens with one attached hydrogen (secondary N) is 2. The zero-order valence-corrected chi connectivity index (χ0v) is 12.6. The van der Waals surface area contributed by atoms with Crippen molar-refractivity contribution in [3.63, 3.8) is 0 Å². The molecule has 0 saturated heterocycles. The third kappa shape index (κ3) is 2.65. The maximum absolute atomic E-state index is 12.2. The zero-order valence-electron chi connectivity index (χ0n) is 12.6. The van der Waals surface area contributed by atoms with Gasteiger partial charge in [0, 0.05) is 22.2 Å². The lowest BCUT2D eigenvalue weighted by molar-refractivity contribution is 0.0955. The normalized spacial score (nSPS) is 14.3. The van der Waals surface area contributed by atoms with E-state index in [1.807, 2.05) is 18.2 Å². The highest BCUT2D eigenvalue weighted by Crippen LogP contribution is 2.29. The molecule has 2 N–H and O–H groups in total. The molecule has 1 aliphatic carbocycles. The first kappa shape index (κ1) is 13.8. The Balaban J connectivity index is 1.57. The van der Waals surface area contributed by atoms with Crippen molar-refractivity contribution in [3.8, 4) is 0 Å². The van der Waals surface area contributed by atoms with E-state index in [2.05, 4.69) is 15.5 Å². The van der Waals surface area contributed by atoms with Crippen molar-refractivity contribution in [1.29, 1.82) is 0 Å². The molecule has 0 saturated carbocycles. The summed E-state index contributed by atoms with van der Waals surface area (Å²) in [5.74, 6) is 0.376. The van der Waals surface area contributed by atoms with Gasteiger partial charge in [-0.15, -0.1) is 0 Å². The maximum Gasteiger partial charge on any atom is 0.271 e. The summed E-state index contributed by atoms with van der Waals surface area (Å²) in [6.45, 7) is 0. The minimum atomic E-state index is -0.222. The number of hydrazone groups is 1. The van der Waals surface area contributed by atoms with E-state index in [-0.39, 0.29) is 5.91 Å². The minimum Gasteiger partial charge on any atom is -0.463 e. The fourth-order valence-corrected chi connectivity index (χ4v) is 3.13. The molecule has 0 radical (unpaired) electrons. The Hall–Kier alpha value is -2.82. The van der Waals surface area contributed by atoms with Gasteiger partial charge in [-0.1, -0.05) is 0 Å². The fourth-order valence-electron chi connectivity index (χ4n) is 3.13. The van der Waals surface area contributed by atoms with Gasteiger partial charge in [-0.25, -0.2) is 5.43 Å². The molecule has 23 heavy (non-hydrogen) atoms. The van der Waals surface area contributed by atoms with Gasteiger partial charge in [-0.05, 0) is 61.6 Å². The van der Waals surface area contributed by atoms with Crippen LogP contribution in [0.15, 0.2) is 46.1 Å². The molecule has 0 spiro atoms. The zero-order chi connectivity index (χ0) is 15.6. The number of aromatic amines is 1. The second-order valence-electron chi connectivity index (χ2n) is 5.76. The van der Waals surface area contributed by atoms with Crippen molar-refractivity contribution >= 4 is 23.0 Å². The number of amides is 1. The van der Waals surface area contributed by atoms with E-state index in [4.69, 9.17) is 4.42 Å². The Labute approximate surface area is 133 Å². The number of benzene rings is 1. The molecular weight excluding hydrogens is 290 g/mol. The maximum atomic E-state index is 12.2. The Morgan fingerprint density at radius 3 is 3.04 bits per heavy atom. The Morgan fingerprint density at radius 1 is 1.26 bits per heavy atom. The summed E-state index contributed by atoms with van der Waals surface area (Å²) in [6, 6.07) is 9.29. The molecule has 4 rings (SSSR count). The molecule has 2 heterocycles. The molecule has 1 aromatic carbocycles. The van der Waals surface area contributed by atoms with Gasteiger partial charge in [-0.2, -0.15) is 5.10 Å². The summed E-state index contributed by atoms with van der Waals surface area (Å²) < 4.78 is 5.13. The summed E-state index contributed by atoms with van der Waals surface area (Å²) in [7, 11) is 0. The molecule has 116 valence electrons. The molecule has 2 aromatic heterocycles. The van der Waals surface area contributed by atoms with Crippen LogP contribution in [0.3, 0.4) is 0 Å². The molecule has 5 nitrogen and oxygen atoms in total. The van der Waals surface area contributed by atoms with E-state index in [1.54, 1.807) is 18.4 Å². The van der Waals surface area contributed by atoms with Crippen LogP contribution in [0.4, 0.5) is 0 Å². The highest BCUT2D eigenvalue weighted by atomic mass is 16.3. The van der Waals surface area contributed by atoms with Crippen molar-refractivity contribution in [2.75, 3.05) is 0 Å². The summed E-state index contributed by atoms with van der Waals surface area (Å²) in [4.78, 5) is 15.7. The van der Waals surface area contributed by atoms with Crippen LogP contribution in [0.5, 0.6) is 0 Å². The largest absolute Gasteiger partial charge is 0.463 e. The van der Waals surface area contributed by atoms with Crippen molar-refractivity contribution in [1.82, 2.24) is 10.4 Å². The molecule has 5 heteroatoms. The van der Waals surface area contributed by atoms with Gasteiger partial charge >= 0.3 is 0 Å². The topological polar surface area (TPSA) is 70.4 Å². The first-order valence-corrected chi connectivity index (χ1v) is 7.81. The number of aromatic nitrogens is 1. The quantitative estimate of drug-likeness (QED) is 0.575. The van der Waals surface area contributed by atoms with Gasteiger partial charge in [0.05, 0.1) is 12.5 Å². The lowest BCUT2D eigenvalue weighted by Gasteiger charge is -2.10. The van der Waals surface area contributed by atoms with Gasteiger partial charge < -0.3 is 9.40 Å². The van der Waals surface area contributed by atoms with Gasteiger partial charge in [0.1, 0.15) is 5.76 Å². The lowest BCUT2D eigenvalue weighted by Crippen LogP contribution is -2.17. The third-order valence-corrected chi connectivity index (χ3v) is 4.26. The number of furan rings is 1. The van der Waals surface area contributed by atoms with E-state index >= 15 is 0 Å². The molecular formula is C18H17N3O2. The number of carbonyl (C=O) groups excluding carboxylic acids is 1. The third-order valence-electron chi connectivity index (χ3n) is 4.26. The predicted octanol–water partition coefficient (Wildman–Crippen LogP) is 3.40. The smallest absolute Gasteiger partial charge is 0.271 e. The second-order valence-corrected chi connectivity index (χ2v) is 5.76. The number of fused-ring (bicyclic) bond motifs is 3. The molecule has 1 aliphatic rings. The SMILES string of the molecule is O=C(N/N=C\c1ccco1)c1ccc2[nH]c3c(c2c1)CCCC3. The van der Waals surface area contributed by atoms with E-state index in [0.717, 1.165) is 23.7 Å². The molecule has 0 fully saturated rings. The Kier molecular flexibility index (Phi) is 3.46. The number of carbonyl (C=O) groups is 1. The molecule has 3 aromatic rings. The standard InChI is InChI=1S/C18H17N3O2/c22-18(21-19-11-13-4-3-9-23-13)12-7-8-17-15(10-12)14-5-1-2-6-16(14)20-17/h3-4,7-11,20H,1-2,5-6H2,(H,21,22)/b19-11-. The monoisotopic (exact) mass is 307 g/mol. The van der Waals surface area contributed by atoms with E-state index in [1.165, 1.54) is 30.3 Å². The summed E-state index contributed by atoms with van der Waals surface area (Å²) in [5.41, 5.74) is 6.93. The van der Waals surface area contributed by atoms with Crippen molar-refractivity contribution in [2.45, 2.75) is 25.7 Å². The highest BCUT2D eigenvalue weighted by Gasteiger charge is 2.16. The van der Waals surface area contributed by atoms with Crippen molar-refractivity contribution in [2.24, 2.45) is 5.10 Å². The number of nitrogens with zero attached hydrogens (tertiary/aromatic N) is 1. The molecule has 0 atom stereocenters. The lowest BCUT2D eigenvalue weighted by atomic mass is 9.95. The van der Waals surface area contributed by atoms with Gasteiger partial charge in [0.15, 0.2) is 0 Å². The van der Waals surface area contributed by atoms with Gasteiger partial charge in [0.2, 0.25) is 0 Å². The number of rotatable bonds is 3. The average Bonchev–Trinajstić information content (AvgIpc) is 3.21. The van der Waals surface area contributed by atoms with Crippen LogP contribution in [-0.2, 0) is 12.8 Å². The summed E-state index contributed by atoms with van der Waals surface area (Å²) in [6.07, 6.45) is 7.66. The Morgan fingerprint density at radius 2 is 2.17 bits per heavy atom. The van der Waals surface area contributed by atoms with E-state index < -0.39 is 0 Å². The Bertz CT molecular complexity index is 875. The van der Waals surface area contributed by atoms with Crippen LogP contribution in [-0.4, -0.2) is 17.1 Å². The van der Waals surface area contributed by atoms with Crippen molar-refractivity contribution < 1.29 is 9.21 Å². The van der Waals surface area contributed by atoms with Crippen LogP contribution in [0, 0.1) is 0 Å². The molecule has 1 amide bonds. The molecule has 0 aliphatic heterocycles. The van der Waals surface area contributed by atoms with Gasteiger partial charge in [0.25, 0.3) is 5.91 Å². The average molecular weight is 307 g/mol. The predicted molar refractivity (Wildman–Crippen MR) is 88.7 cm³/mol.